The summed E-state index contributed by atoms with van der Waals surface area (Å²) < 4.78 is 18.8. The molecule has 1 aromatic carbocycles. The van der Waals surface area contributed by atoms with Crippen LogP contribution in [0.4, 0.5) is 4.39 Å². The summed E-state index contributed by atoms with van der Waals surface area (Å²) in [6, 6.07) is 7.71. The molecule has 2 aromatic heterocycles. The zero-order chi connectivity index (χ0) is 13.9. The highest BCUT2D eigenvalue weighted by Gasteiger charge is 2.11. The number of nitrogens with zero attached hydrogens (tertiary/aromatic N) is 2. The van der Waals surface area contributed by atoms with Crippen LogP contribution in [0.25, 0.3) is 10.9 Å². The van der Waals surface area contributed by atoms with Gasteiger partial charge in [0.25, 0.3) is 0 Å². The third kappa shape index (κ3) is 2.23. The Hall–Kier alpha value is -2.76. The summed E-state index contributed by atoms with van der Waals surface area (Å²) in [5, 5.41) is 6.60. The molecule has 0 spiro atoms. The minimum atomic E-state index is -0.518. The summed E-state index contributed by atoms with van der Waals surface area (Å²) >= 11 is 0. The number of hydrogen-bond acceptors (Lipinski definition) is 4. The number of hydrogen-bond donors (Lipinski definition) is 1. The van der Waals surface area contributed by atoms with Crippen molar-refractivity contribution in [1.29, 1.82) is 0 Å². The Kier molecular flexibility index (Phi) is 3.12. The standard InChI is InChI=1S/C14H10FN3O2/c15-11-4-3-9(13-10(11)2-1-6-16-13)8-20-14(19)12-5-7-17-18-12/h1-7H,8H2,(H,17,18). The molecule has 5 nitrogen and oxygen atoms in total. The quantitative estimate of drug-likeness (QED) is 0.743. The fraction of sp³-hybridized carbons (Fsp3) is 0.0714. The van der Waals surface area contributed by atoms with Gasteiger partial charge in [0.2, 0.25) is 0 Å². The number of halogens is 1. The van der Waals surface area contributed by atoms with Crippen LogP contribution in [-0.4, -0.2) is 21.2 Å². The minimum absolute atomic E-state index is 0.0195. The molecule has 0 amide bonds. The van der Waals surface area contributed by atoms with Gasteiger partial charge in [-0.1, -0.05) is 6.07 Å². The number of esters is 1. The van der Waals surface area contributed by atoms with E-state index in [1.165, 1.54) is 18.3 Å². The number of pyridine rings is 1. The number of H-pyrrole nitrogens is 1. The van der Waals surface area contributed by atoms with Crippen LogP contribution in [0.3, 0.4) is 0 Å². The molecule has 0 bridgehead atoms. The van der Waals surface area contributed by atoms with Crippen LogP contribution >= 0.6 is 0 Å². The monoisotopic (exact) mass is 271 g/mol. The average molecular weight is 271 g/mol. The van der Waals surface area contributed by atoms with Crippen molar-refractivity contribution in [2.24, 2.45) is 0 Å². The number of fused-ring (bicyclic) bond motifs is 1. The van der Waals surface area contributed by atoms with E-state index >= 15 is 0 Å². The first-order valence-electron chi connectivity index (χ1n) is 5.94. The lowest BCUT2D eigenvalue weighted by atomic mass is 10.1. The molecule has 0 saturated carbocycles. The van der Waals surface area contributed by atoms with Crippen molar-refractivity contribution in [3.05, 3.63) is 59.8 Å². The number of aromatic nitrogens is 3. The van der Waals surface area contributed by atoms with Gasteiger partial charge in [-0.15, -0.1) is 0 Å². The molecule has 0 unspecified atom stereocenters. The van der Waals surface area contributed by atoms with Gasteiger partial charge in [0.05, 0.1) is 5.52 Å². The first-order chi connectivity index (χ1) is 9.75. The zero-order valence-electron chi connectivity index (χ0n) is 10.3. The van der Waals surface area contributed by atoms with Gasteiger partial charge < -0.3 is 4.74 Å². The largest absolute Gasteiger partial charge is 0.456 e. The van der Waals surface area contributed by atoms with Crippen LogP contribution in [-0.2, 0) is 11.3 Å². The van der Waals surface area contributed by atoms with Crippen molar-refractivity contribution in [2.45, 2.75) is 6.61 Å². The maximum absolute atomic E-state index is 13.6. The van der Waals surface area contributed by atoms with Crippen molar-refractivity contribution in [3.63, 3.8) is 0 Å². The maximum Gasteiger partial charge on any atom is 0.356 e. The van der Waals surface area contributed by atoms with Gasteiger partial charge >= 0.3 is 5.97 Å². The van der Waals surface area contributed by atoms with Crippen LogP contribution in [0.1, 0.15) is 16.1 Å². The summed E-state index contributed by atoms with van der Waals surface area (Å²) in [5.41, 5.74) is 1.41. The van der Waals surface area contributed by atoms with E-state index < -0.39 is 5.97 Å². The molecule has 1 N–H and O–H groups in total. The summed E-state index contributed by atoms with van der Waals surface area (Å²) in [6.45, 7) is 0.0195. The Morgan fingerprint density at radius 1 is 1.25 bits per heavy atom. The first-order valence-corrected chi connectivity index (χ1v) is 5.94. The second-order valence-corrected chi connectivity index (χ2v) is 4.15. The second-order valence-electron chi connectivity index (χ2n) is 4.15. The van der Waals surface area contributed by atoms with E-state index in [9.17, 15) is 9.18 Å². The molecular formula is C14H10FN3O2. The lowest BCUT2D eigenvalue weighted by Gasteiger charge is -2.07. The molecule has 0 saturated heterocycles. The smallest absolute Gasteiger partial charge is 0.356 e. The van der Waals surface area contributed by atoms with Gasteiger partial charge in [-0.3, -0.25) is 10.1 Å². The Morgan fingerprint density at radius 2 is 2.15 bits per heavy atom. The number of benzene rings is 1. The van der Waals surface area contributed by atoms with Crippen LogP contribution in [0.15, 0.2) is 42.7 Å². The molecule has 0 aliphatic carbocycles. The highest BCUT2D eigenvalue weighted by atomic mass is 19.1. The van der Waals surface area contributed by atoms with Crippen molar-refractivity contribution < 1.29 is 13.9 Å². The lowest BCUT2D eigenvalue weighted by molar-refractivity contribution is 0.0467. The normalized spacial score (nSPS) is 10.7. The van der Waals surface area contributed by atoms with E-state index in [-0.39, 0.29) is 18.1 Å². The summed E-state index contributed by atoms with van der Waals surface area (Å²) in [5.74, 6) is -0.868. The lowest BCUT2D eigenvalue weighted by Crippen LogP contribution is -2.06. The highest BCUT2D eigenvalue weighted by Crippen LogP contribution is 2.20. The predicted octanol–water partition coefficient (Wildman–Crippen LogP) is 2.45. The fourth-order valence-electron chi connectivity index (χ4n) is 1.90. The first kappa shape index (κ1) is 12.3. The van der Waals surface area contributed by atoms with Crippen molar-refractivity contribution in [1.82, 2.24) is 15.2 Å². The molecule has 20 heavy (non-hydrogen) atoms. The topological polar surface area (TPSA) is 67.9 Å². The molecule has 3 rings (SSSR count). The average Bonchev–Trinajstić information content (AvgIpc) is 3.01. The Morgan fingerprint density at radius 3 is 2.95 bits per heavy atom. The van der Waals surface area contributed by atoms with Gasteiger partial charge in [0.1, 0.15) is 18.1 Å². The summed E-state index contributed by atoms with van der Waals surface area (Å²) in [4.78, 5) is 15.8. The van der Waals surface area contributed by atoms with Gasteiger partial charge in [-0.05, 0) is 24.3 Å². The van der Waals surface area contributed by atoms with Gasteiger partial charge in [-0.2, -0.15) is 5.10 Å². The SMILES string of the molecule is O=C(OCc1ccc(F)c2cccnc12)c1ccn[nH]1. The molecular weight excluding hydrogens is 261 g/mol. The Balaban J connectivity index is 1.85. The van der Waals surface area contributed by atoms with E-state index in [1.807, 2.05) is 0 Å². The molecule has 0 aliphatic rings. The van der Waals surface area contributed by atoms with E-state index in [0.717, 1.165) is 0 Å². The van der Waals surface area contributed by atoms with Crippen LogP contribution in [0.2, 0.25) is 0 Å². The maximum atomic E-state index is 13.6. The molecule has 0 atom stereocenters. The summed E-state index contributed by atoms with van der Waals surface area (Å²) in [7, 11) is 0. The van der Waals surface area contributed by atoms with E-state index in [4.69, 9.17) is 4.74 Å². The Bertz CT molecular complexity index is 756. The number of rotatable bonds is 3. The van der Waals surface area contributed by atoms with Crippen molar-refractivity contribution in [2.75, 3.05) is 0 Å². The Labute approximate surface area is 113 Å². The molecule has 0 radical (unpaired) electrons. The van der Waals surface area contributed by atoms with Gasteiger partial charge in [0, 0.05) is 23.3 Å². The van der Waals surface area contributed by atoms with E-state index in [1.54, 1.807) is 24.4 Å². The molecule has 6 heteroatoms. The van der Waals surface area contributed by atoms with Crippen LogP contribution in [0.5, 0.6) is 0 Å². The number of aromatic amines is 1. The fourth-order valence-corrected chi connectivity index (χ4v) is 1.90. The van der Waals surface area contributed by atoms with E-state index in [0.29, 0.717) is 16.5 Å². The minimum Gasteiger partial charge on any atom is -0.456 e. The number of ether oxygens (including phenoxy) is 1. The molecule has 2 heterocycles. The molecule has 0 aliphatic heterocycles. The summed E-state index contributed by atoms with van der Waals surface area (Å²) in [6.07, 6.45) is 3.04. The van der Waals surface area contributed by atoms with Gasteiger partial charge in [-0.25, -0.2) is 9.18 Å². The highest BCUT2D eigenvalue weighted by molar-refractivity contribution is 5.87. The van der Waals surface area contributed by atoms with Crippen LogP contribution < -0.4 is 0 Å². The molecule has 100 valence electrons. The zero-order valence-corrected chi connectivity index (χ0v) is 10.3. The molecule has 0 fully saturated rings. The van der Waals surface area contributed by atoms with Gasteiger partial charge in [0.15, 0.2) is 0 Å². The van der Waals surface area contributed by atoms with E-state index in [2.05, 4.69) is 15.2 Å². The number of carbonyl (C=O) groups excluding carboxylic acids is 1. The van der Waals surface area contributed by atoms with Crippen molar-refractivity contribution in [3.8, 4) is 0 Å². The number of nitrogens with one attached hydrogen (secondary N) is 1. The van der Waals surface area contributed by atoms with Crippen LogP contribution in [0, 0.1) is 5.82 Å². The molecule has 3 aromatic rings. The third-order valence-electron chi connectivity index (χ3n) is 2.88. The second kappa shape index (κ2) is 5.08. The number of carbonyl (C=O) groups is 1. The predicted molar refractivity (Wildman–Crippen MR) is 69.4 cm³/mol. The van der Waals surface area contributed by atoms with Crippen molar-refractivity contribution >= 4 is 16.9 Å². The third-order valence-corrected chi connectivity index (χ3v) is 2.88.